The van der Waals surface area contributed by atoms with E-state index in [1.165, 1.54) is 12.0 Å². The van der Waals surface area contributed by atoms with Gasteiger partial charge in [-0.05, 0) is 43.7 Å². The van der Waals surface area contributed by atoms with Crippen LogP contribution < -0.4 is 5.32 Å². The van der Waals surface area contributed by atoms with Gasteiger partial charge in [-0.15, -0.1) is 0 Å². The molecule has 2 aliphatic heterocycles. The summed E-state index contributed by atoms with van der Waals surface area (Å²) in [6.45, 7) is 3.02. The van der Waals surface area contributed by atoms with Crippen LogP contribution in [0.2, 0.25) is 0 Å². The highest BCUT2D eigenvalue weighted by Crippen LogP contribution is 2.50. The number of fused-ring (bicyclic) bond motifs is 1. The molecular weight excluding hydrogens is 248 g/mol. The first-order chi connectivity index (χ1) is 9.79. The molecule has 3 nitrogen and oxygen atoms in total. The molecule has 1 aromatic rings. The fraction of sp³-hybridized carbons (Fsp3) is 0.588. The van der Waals surface area contributed by atoms with Crippen molar-refractivity contribution in [2.24, 2.45) is 5.92 Å². The largest absolute Gasteiger partial charge is 0.342 e. The number of hydrogen-bond donors (Lipinski definition) is 1. The number of hydrogen-bond acceptors (Lipinski definition) is 2. The number of rotatable bonds is 2. The molecule has 3 aliphatic rings. The van der Waals surface area contributed by atoms with Crippen molar-refractivity contribution in [3.63, 3.8) is 0 Å². The Morgan fingerprint density at radius 3 is 2.75 bits per heavy atom. The molecule has 4 rings (SSSR count). The predicted molar refractivity (Wildman–Crippen MR) is 78.4 cm³/mol. The van der Waals surface area contributed by atoms with Crippen LogP contribution in [0.4, 0.5) is 0 Å². The van der Waals surface area contributed by atoms with E-state index < -0.39 is 0 Å². The molecule has 1 N–H and O–H groups in total. The molecule has 2 heterocycles. The van der Waals surface area contributed by atoms with Crippen LogP contribution in [0.3, 0.4) is 0 Å². The van der Waals surface area contributed by atoms with Crippen LogP contribution in [0, 0.1) is 5.92 Å². The van der Waals surface area contributed by atoms with Crippen molar-refractivity contribution in [3.8, 4) is 0 Å². The molecule has 2 unspecified atom stereocenters. The van der Waals surface area contributed by atoms with Gasteiger partial charge in [0.2, 0.25) is 5.91 Å². The maximum Gasteiger partial charge on any atom is 0.233 e. The van der Waals surface area contributed by atoms with Gasteiger partial charge in [0.1, 0.15) is 0 Å². The minimum Gasteiger partial charge on any atom is -0.342 e. The number of amides is 1. The number of carbonyl (C=O) groups is 1. The lowest BCUT2D eigenvalue weighted by molar-refractivity contribution is -0.135. The van der Waals surface area contributed by atoms with E-state index in [0.717, 1.165) is 38.9 Å². The summed E-state index contributed by atoms with van der Waals surface area (Å²) in [5, 5.41) is 3.57. The Bertz CT molecular complexity index is 509. The Morgan fingerprint density at radius 1 is 1.20 bits per heavy atom. The molecule has 3 heteroatoms. The van der Waals surface area contributed by atoms with E-state index in [1.807, 2.05) is 6.07 Å². The summed E-state index contributed by atoms with van der Waals surface area (Å²) in [4.78, 5) is 15.1. The van der Waals surface area contributed by atoms with Gasteiger partial charge in [-0.3, -0.25) is 4.79 Å². The summed E-state index contributed by atoms with van der Waals surface area (Å²) in [7, 11) is 0. The van der Waals surface area contributed by atoms with Gasteiger partial charge in [-0.2, -0.15) is 0 Å². The molecule has 1 aliphatic carbocycles. The smallest absolute Gasteiger partial charge is 0.233 e. The Balaban J connectivity index is 1.53. The van der Waals surface area contributed by atoms with Gasteiger partial charge in [0.25, 0.3) is 0 Å². The maximum atomic E-state index is 13.0. The van der Waals surface area contributed by atoms with Crippen molar-refractivity contribution in [2.75, 3.05) is 19.6 Å². The molecule has 0 spiro atoms. The van der Waals surface area contributed by atoms with E-state index in [9.17, 15) is 4.79 Å². The molecule has 2 atom stereocenters. The molecule has 1 aromatic carbocycles. The highest BCUT2D eigenvalue weighted by atomic mass is 16.2. The maximum absolute atomic E-state index is 13.0. The molecule has 3 fully saturated rings. The summed E-state index contributed by atoms with van der Waals surface area (Å²) in [6, 6.07) is 11.0. The first-order valence-corrected chi connectivity index (χ1v) is 7.88. The zero-order chi connectivity index (χ0) is 13.6. The normalized spacial score (nSPS) is 30.9. The first-order valence-electron chi connectivity index (χ1n) is 7.88. The second kappa shape index (κ2) is 4.59. The minimum atomic E-state index is -0.180. The van der Waals surface area contributed by atoms with Crippen molar-refractivity contribution < 1.29 is 4.79 Å². The van der Waals surface area contributed by atoms with Crippen LogP contribution in [0.15, 0.2) is 30.3 Å². The fourth-order valence-electron chi connectivity index (χ4n) is 4.04. The molecular formula is C17H22N2O. The number of carbonyl (C=O) groups excluding carboxylic acids is 1. The van der Waals surface area contributed by atoms with Crippen LogP contribution in [0.1, 0.15) is 31.2 Å². The second-order valence-electron chi connectivity index (χ2n) is 6.60. The van der Waals surface area contributed by atoms with Gasteiger partial charge < -0.3 is 10.2 Å². The van der Waals surface area contributed by atoms with E-state index in [2.05, 4.69) is 34.5 Å². The van der Waals surface area contributed by atoms with Crippen LogP contribution >= 0.6 is 0 Å². The summed E-state index contributed by atoms with van der Waals surface area (Å²) in [6.07, 6.45) is 4.41. The van der Waals surface area contributed by atoms with Crippen LogP contribution in [0.25, 0.3) is 0 Å². The number of likely N-dealkylation sites (tertiary alicyclic amines) is 1. The first kappa shape index (κ1) is 12.4. The topological polar surface area (TPSA) is 32.3 Å². The zero-order valence-corrected chi connectivity index (χ0v) is 11.8. The standard InChI is InChI=1S/C17H22N2O/c20-16(17(8-9-17)14-4-2-1-3-5-14)19-11-7-15-13(12-19)6-10-18-15/h1-5,13,15,18H,6-12H2. The van der Waals surface area contributed by atoms with Gasteiger partial charge >= 0.3 is 0 Å². The van der Waals surface area contributed by atoms with Crippen molar-refractivity contribution in [1.29, 1.82) is 0 Å². The fourth-order valence-corrected chi connectivity index (χ4v) is 4.04. The number of nitrogens with zero attached hydrogens (tertiary/aromatic N) is 1. The molecule has 0 radical (unpaired) electrons. The van der Waals surface area contributed by atoms with Gasteiger partial charge in [-0.1, -0.05) is 30.3 Å². The third-order valence-electron chi connectivity index (χ3n) is 5.43. The molecule has 1 amide bonds. The van der Waals surface area contributed by atoms with Gasteiger partial charge in [0.15, 0.2) is 0 Å². The predicted octanol–water partition coefficient (Wildman–Crippen LogP) is 1.93. The molecule has 0 bridgehead atoms. The third-order valence-corrected chi connectivity index (χ3v) is 5.43. The van der Waals surface area contributed by atoms with E-state index >= 15 is 0 Å². The summed E-state index contributed by atoms with van der Waals surface area (Å²) in [5.41, 5.74) is 1.04. The van der Waals surface area contributed by atoms with Crippen LogP contribution in [0.5, 0.6) is 0 Å². The molecule has 20 heavy (non-hydrogen) atoms. The zero-order valence-electron chi connectivity index (χ0n) is 11.8. The Labute approximate surface area is 120 Å². The summed E-state index contributed by atoms with van der Waals surface area (Å²) in [5.74, 6) is 1.06. The van der Waals surface area contributed by atoms with Crippen molar-refractivity contribution in [3.05, 3.63) is 35.9 Å². The van der Waals surface area contributed by atoms with E-state index in [-0.39, 0.29) is 5.41 Å². The van der Waals surface area contributed by atoms with Crippen LogP contribution in [-0.2, 0) is 10.2 Å². The number of benzene rings is 1. The SMILES string of the molecule is O=C(N1CCC2NCCC2C1)C1(c2ccccc2)CC1. The second-order valence-corrected chi connectivity index (χ2v) is 6.60. The van der Waals surface area contributed by atoms with E-state index in [0.29, 0.717) is 17.9 Å². The summed E-state index contributed by atoms with van der Waals surface area (Å²) >= 11 is 0. The monoisotopic (exact) mass is 270 g/mol. The highest BCUT2D eigenvalue weighted by Gasteiger charge is 2.53. The average molecular weight is 270 g/mol. The lowest BCUT2D eigenvalue weighted by Crippen LogP contribution is -2.50. The Morgan fingerprint density at radius 2 is 2.00 bits per heavy atom. The van der Waals surface area contributed by atoms with Crippen molar-refractivity contribution >= 4 is 5.91 Å². The lowest BCUT2D eigenvalue weighted by Gasteiger charge is -2.37. The molecule has 0 aromatic heterocycles. The number of piperidine rings is 1. The van der Waals surface area contributed by atoms with Crippen LogP contribution in [-0.4, -0.2) is 36.5 Å². The Hall–Kier alpha value is -1.35. The minimum absolute atomic E-state index is 0.180. The van der Waals surface area contributed by atoms with Gasteiger partial charge in [0.05, 0.1) is 5.41 Å². The molecule has 1 saturated carbocycles. The molecule has 106 valence electrons. The Kier molecular flexibility index (Phi) is 2.84. The quantitative estimate of drug-likeness (QED) is 0.890. The third kappa shape index (κ3) is 1.87. The number of nitrogens with one attached hydrogen (secondary N) is 1. The molecule has 2 saturated heterocycles. The van der Waals surface area contributed by atoms with E-state index in [1.54, 1.807) is 0 Å². The van der Waals surface area contributed by atoms with Crippen molar-refractivity contribution in [1.82, 2.24) is 10.2 Å². The average Bonchev–Trinajstić information content (AvgIpc) is 3.18. The highest BCUT2D eigenvalue weighted by molar-refractivity contribution is 5.91. The summed E-state index contributed by atoms with van der Waals surface area (Å²) < 4.78 is 0. The van der Waals surface area contributed by atoms with E-state index in [4.69, 9.17) is 0 Å². The lowest BCUT2D eigenvalue weighted by atomic mass is 9.89. The van der Waals surface area contributed by atoms with Gasteiger partial charge in [0, 0.05) is 19.1 Å². The van der Waals surface area contributed by atoms with Gasteiger partial charge in [-0.25, -0.2) is 0 Å². The van der Waals surface area contributed by atoms with Crippen molar-refractivity contribution in [2.45, 2.75) is 37.1 Å².